The second-order valence-electron chi connectivity index (χ2n) is 6.15. The number of benzene rings is 1. The number of hydrogen-bond donors (Lipinski definition) is 1. The van der Waals surface area contributed by atoms with Gasteiger partial charge in [-0.25, -0.2) is 9.97 Å². The molecule has 1 N–H and O–H groups in total. The first-order valence-electron chi connectivity index (χ1n) is 8.57. The van der Waals surface area contributed by atoms with Crippen molar-refractivity contribution in [3.63, 3.8) is 0 Å². The minimum Gasteiger partial charge on any atom is -0.493 e. The van der Waals surface area contributed by atoms with E-state index in [1.807, 2.05) is 25.1 Å². The van der Waals surface area contributed by atoms with Gasteiger partial charge in [0.1, 0.15) is 11.6 Å². The molecule has 0 radical (unpaired) electrons. The lowest BCUT2D eigenvalue weighted by atomic mass is 10.0. The average Bonchev–Trinajstić information content (AvgIpc) is 3.16. The summed E-state index contributed by atoms with van der Waals surface area (Å²) in [6, 6.07) is 8.03. The van der Waals surface area contributed by atoms with Gasteiger partial charge in [0, 0.05) is 25.1 Å². The summed E-state index contributed by atoms with van der Waals surface area (Å²) in [5.41, 5.74) is 2.25. The van der Waals surface area contributed by atoms with Gasteiger partial charge in [-0.05, 0) is 37.5 Å². The summed E-state index contributed by atoms with van der Waals surface area (Å²) >= 11 is 0. The maximum Gasteiger partial charge on any atom is 0.160 e. The smallest absolute Gasteiger partial charge is 0.160 e. The van der Waals surface area contributed by atoms with Crippen molar-refractivity contribution in [1.29, 1.82) is 0 Å². The number of nitrogens with one attached hydrogen (secondary N) is 1. The van der Waals surface area contributed by atoms with Gasteiger partial charge in [-0.2, -0.15) is 0 Å². The Morgan fingerprint density at radius 2 is 2.00 bits per heavy atom. The number of nitrogens with zero attached hydrogens (tertiary/aromatic N) is 2. The third kappa shape index (κ3) is 4.39. The molecule has 1 fully saturated rings. The zero-order valence-corrected chi connectivity index (χ0v) is 15.0. The van der Waals surface area contributed by atoms with Crippen molar-refractivity contribution in [2.75, 3.05) is 39.3 Å². The summed E-state index contributed by atoms with van der Waals surface area (Å²) in [5, 5.41) is 3.40. The second kappa shape index (κ2) is 8.16. The quantitative estimate of drug-likeness (QED) is 0.834. The highest BCUT2D eigenvalue weighted by Gasteiger charge is 2.20. The van der Waals surface area contributed by atoms with E-state index in [0.717, 1.165) is 61.4 Å². The largest absolute Gasteiger partial charge is 0.493 e. The van der Waals surface area contributed by atoms with Crippen LogP contribution in [0.1, 0.15) is 29.4 Å². The van der Waals surface area contributed by atoms with Crippen molar-refractivity contribution < 1.29 is 14.2 Å². The molecule has 6 heteroatoms. The van der Waals surface area contributed by atoms with Crippen LogP contribution in [-0.4, -0.2) is 43.9 Å². The molecule has 1 saturated heterocycles. The molecule has 1 aromatic heterocycles. The van der Waals surface area contributed by atoms with E-state index < -0.39 is 0 Å². The third-order valence-electron chi connectivity index (χ3n) is 4.37. The van der Waals surface area contributed by atoms with E-state index in [-0.39, 0.29) is 0 Å². The Balaban J connectivity index is 1.62. The molecule has 2 aromatic rings. The van der Waals surface area contributed by atoms with Crippen LogP contribution in [0.4, 0.5) is 5.82 Å². The molecule has 134 valence electrons. The van der Waals surface area contributed by atoms with Crippen LogP contribution in [0.15, 0.2) is 24.3 Å². The van der Waals surface area contributed by atoms with Gasteiger partial charge in [0.2, 0.25) is 0 Å². The summed E-state index contributed by atoms with van der Waals surface area (Å²) < 4.78 is 16.1. The molecule has 0 amide bonds. The number of rotatable bonds is 7. The van der Waals surface area contributed by atoms with E-state index in [1.165, 1.54) is 5.56 Å². The summed E-state index contributed by atoms with van der Waals surface area (Å²) in [5.74, 6) is 3.54. The van der Waals surface area contributed by atoms with E-state index in [9.17, 15) is 0 Å². The van der Waals surface area contributed by atoms with E-state index in [1.54, 1.807) is 14.2 Å². The van der Waals surface area contributed by atoms with Gasteiger partial charge in [0.25, 0.3) is 0 Å². The molecule has 6 nitrogen and oxygen atoms in total. The lowest BCUT2D eigenvalue weighted by Gasteiger charge is -2.12. The van der Waals surface area contributed by atoms with Gasteiger partial charge >= 0.3 is 0 Å². The maximum atomic E-state index is 5.47. The van der Waals surface area contributed by atoms with Crippen molar-refractivity contribution in [1.82, 2.24) is 9.97 Å². The van der Waals surface area contributed by atoms with Gasteiger partial charge in [0.05, 0.1) is 26.5 Å². The van der Waals surface area contributed by atoms with Gasteiger partial charge < -0.3 is 19.5 Å². The van der Waals surface area contributed by atoms with Crippen LogP contribution in [0.2, 0.25) is 0 Å². The van der Waals surface area contributed by atoms with Gasteiger partial charge in [-0.3, -0.25) is 0 Å². The van der Waals surface area contributed by atoms with Crippen LogP contribution in [0.5, 0.6) is 11.5 Å². The Labute approximate surface area is 148 Å². The molecule has 0 spiro atoms. The zero-order valence-electron chi connectivity index (χ0n) is 15.0. The first-order chi connectivity index (χ1) is 12.2. The summed E-state index contributed by atoms with van der Waals surface area (Å²) in [4.78, 5) is 9.05. The second-order valence-corrected chi connectivity index (χ2v) is 6.15. The number of anilines is 1. The predicted octanol–water partition coefficient (Wildman–Crippen LogP) is 2.96. The Kier molecular flexibility index (Phi) is 5.71. The fraction of sp³-hybridized carbons (Fsp3) is 0.474. The molecule has 0 aliphatic carbocycles. The molecule has 1 aromatic carbocycles. The summed E-state index contributed by atoms with van der Waals surface area (Å²) in [6.45, 7) is 4.28. The normalized spacial score (nSPS) is 16.7. The van der Waals surface area contributed by atoms with Crippen LogP contribution >= 0.6 is 0 Å². The number of methoxy groups -OCH3 is 2. The number of aryl methyl sites for hydroxylation is 1. The van der Waals surface area contributed by atoms with Crippen LogP contribution in [0, 0.1) is 6.92 Å². The van der Waals surface area contributed by atoms with E-state index >= 15 is 0 Å². The van der Waals surface area contributed by atoms with Gasteiger partial charge in [0.15, 0.2) is 11.5 Å². The van der Waals surface area contributed by atoms with Crippen LogP contribution in [0.25, 0.3) is 0 Å². The van der Waals surface area contributed by atoms with Crippen LogP contribution < -0.4 is 14.8 Å². The zero-order chi connectivity index (χ0) is 17.6. The topological polar surface area (TPSA) is 65.5 Å². The van der Waals surface area contributed by atoms with E-state index in [4.69, 9.17) is 14.2 Å². The molecule has 0 unspecified atom stereocenters. The monoisotopic (exact) mass is 343 g/mol. The number of aromatic nitrogens is 2. The first-order valence-corrected chi connectivity index (χ1v) is 8.57. The highest BCUT2D eigenvalue weighted by Crippen LogP contribution is 2.28. The van der Waals surface area contributed by atoms with Gasteiger partial charge in [-0.15, -0.1) is 0 Å². The van der Waals surface area contributed by atoms with Crippen molar-refractivity contribution in [3.8, 4) is 11.5 Å². The molecule has 2 heterocycles. The van der Waals surface area contributed by atoms with Crippen molar-refractivity contribution >= 4 is 5.82 Å². The van der Waals surface area contributed by atoms with Crippen LogP contribution in [0.3, 0.4) is 0 Å². The SMILES string of the molecule is COc1ccc(CCNc2cc([C@@H]3CCOC3)nc(C)n2)cc1OC. The average molecular weight is 343 g/mol. The lowest BCUT2D eigenvalue weighted by molar-refractivity contribution is 0.193. The number of hydrogen-bond acceptors (Lipinski definition) is 6. The summed E-state index contributed by atoms with van der Waals surface area (Å²) in [6.07, 6.45) is 1.90. The highest BCUT2D eigenvalue weighted by atomic mass is 16.5. The standard InChI is InChI=1S/C19H25N3O3/c1-13-21-16(15-7-9-25-12-15)11-19(22-13)20-8-6-14-4-5-17(23-2)18(10-14)24-3/h4-5,10-11,15H,6-9,12H2,1-3H3,(H,20,21,22)/t15-/m1/s1. The molecule has 0 saturated carbocycles. The Hall–Kier alpha value is -2.34. The lowest BCUT2D eigenvalue weighted by Crippen LogP contribution is -2.10. The molecular weight excluding hydrogens is 318 g/mol. The molecule has 1 atom stereocenters. The Bertz CT molecular complexity index is 715. The molecule has 25 heavy (non-hydrogen) atoms. The molecular formula is C19H25N3O3. The van der Waals surface area contributed by atoms with Crippen molar-refractivity contribution in [2.24, 2.45) is 0 Å². The summed E-state index contributed by atoms with van der Waals surface area (Å²) in [7, 11) is 3.29. The minimum absolute atomic E-state index is 0.382. The van der Waals surface area contributed by atoms with Crippen molar-refractivity contribution in [3.05, 3.63) is 41.3 Å². The van der Waals surface area contributed by atoms with E-state index in [0.29, 0.717) is 5.92 Å². The fourth-order valence-corrected chi connectivity index (χ4v) is 3.03. The predicted molar refractivity (Wildman–Crippen MR) is 96.7 cm³/mol. The maximum absolute atomic E-state index is 5.47. The molecule has 1 aliphatic rings. The highest BCUT2D eigenvalue weighted by molar-refractivity contribution is 5.43. The number of ether oxygens (including phenoxy) is 3. The Morgan fingerprint density at radius 1 is 1.16 bits per heavy atom. The Morgan fingerprint density at radius 3 is 2.72 bits per heavy atom. The molecule has 1 aliphatic heterocycles. The minimum atomic E-state index is 0.382. The van der Waals surface area contributed by atoms with Crippen LogP contribution in [-0.2, 0) is 11.2 Å². The molecule has 0 bridgehead atoms. The van der Waals surface area contributed by atoms with Gasteiger partial charge in [-0.1, -0.05) is 6.07 Å². The van der Waals surface area contributed by atoms with Crippen molar-refractivity contribution in [2.45, 2.75) is 25.7 Å². The van der Waals surface area contributed by atoms with E-state index in [2.05, 4.69) is 21.4 Å². The fourth-order valence-electron chi connectivity index (χ4n) is 3.03. The third-order valence-corrected chi connectivity index (χ3v) is 4.37. The molecule has 3 rings (SSSR count). The first kappa shape index (κ1) is 17.5.